The normalized spacial score (nSPS) is 10.8. The standard InChI is InChI=1S/C21H12ClIN4OS/c22-11-7-5-10(6-8-11)18(28)19-17(25)16-15(12-3-1-2-4-14(12)23)13(9-24)20(26)27-21(16)29-19/h1-8H,25H2,(H2,26,27). The summed E-state index contributed by atoms with van der Waals surface area (Å²) in [5.41, 5.74) is 14.9. The van der Waals surface area contributed by atoms with Crippen LogP contribution in [0, 0.1) is 14.9 Å². The van der Waals surface area contributed by atoms with Gasteiger partial charge in [-0.05, 0) is 58.5 Å². The van der Waals surface area contributed by atoms with Crippen molar-refractivity contribution in [1.82, 2.24) is 4.98 Å². The molecule has 0 radical (unpaired) electrons. The summed E-state index contributed by atoms with van der Waals surface area (Å²) in [5, 5.41) is 10.8. The first kappa shape index (κ1) is 19.6. The maximum absolute atomic E-state index is 13.1. The van der Waals surface area contributed by atoms with Crippen LogP contribution < -0.4 is 11.5 Å². The van der Waals surface area contributed by atoms with Gasteiger partial charge in [0.05, 0.1) is 5.69 Å². The van der Waals surface area contributed by atoms with Crippen molar-refractivity contribution in [2.45, 2.75) is 0 Å². The number of benzene rings is 2. The van der Waals surface area contributed by atoms with Gasteiger partial charge in [0.2, 0.25) is 5.78 Å². The zero-order chi connectivity index (χ0) is 20.7. The van der Waals surface area contributed by atoms with Crippen LogP contribution in [-0.2, 0) is 0 Å². The number of nitrogen functional groups attached to an aromatic ring is 2. The predicted octanol–water partition coefficient (Wildman–Crippen LogP) is 5.49. The summed E-state index contributed by atoms with van der Waals surface area (Å²) in [6.07, 6.45) is 0. The maximum atomic E-state index is 13.1. The summed E-state index contributed by atoms with van der Waals surface area (Å²) in [6.45, 7) is 0. The molecule has 0 spiro atoms. The molecule has 2 aromatic carbocycles. The predicted molar refractivity (Wildman–Crippen MR) is 126 cm³/mol. The number of rotatable bonds is 3. The Hall–Kier alpha value is -2.67. The van der Waals surface area contributed by atoms with Crippen LogP contribution in [0.2, 0.25) is 5.02 Å². The Morgan fingerprint density at radius 1 is 1.14 bits per heavy atom. The van der Waals surface area contributed by atoms with E-state index in [-0.39, 0.29) is 17.2 Å². The minimum Gasteiger partial charge on any atom is -0.397 e. The molecule has 5 nitrogen and oxygen atoms in total. The number of carbonyl (C=O) groups excluding carboxylic acids is 1. The van der Waals surface area contributed by atoms with Crippen molar-refractivity contribution in [2.75, 3.05) is 11.5 Å². The fourth-order valence-corrected chi connectivity index (χ4v) is 4.97. The second-order valence-corrected chi connectivity index (χ2v) is 8.80. The first-order chi connectivity index (χ1) is 13.9. The Labute approximate surface area is 189 Å². The number of ketones is 1. The topological polar surface area (TPSA) is 106 Å². The zero-order valence-corrected chi connectivity index (χ0v) is 18.5. The second kappa shape index (κ2) is 7.63. The number of nitriles is 1. The molecular formula is C21H12ClIN4OS. The zero-order valence-electron chi connectivity index (χ0n) is 14.7. The molecule has 0 aliphatic rings. The molecule has 0 aliphatic heterocycles. The number of pyridine rings is 1. The third kappa shape index (κ3) is 3.33. The lowest BCUT2D eigenvalue weighted by Gasteiger charge is -2.11. The van der Waals surface area contributed by atoms with Crippen molar-refractivity contribution in [3.63, 3.8) is 0 Å². The monoisotopic (exact) mass is 530 g/mol. The molecule has 4 rings (SSSR count). The molecule has 0 bridgehead atoms. The maximum Gasteiger partial charge on any atom is 0.205 e. The van der Waals surface area contributed by atoms with Gasteiger partial charge in [-0.3, -0.25) is 4.79 Å². The first-order valence-corrected chi connectivity index (χ1v) is 10.7. The number of nitrogens with two attached hydrogens (primary N) is 2. The van der Waals surface area contributed by atoms with Gasteiger partial charge in [0.25, 0.3) is 0 Å². The van der Waals surface area contributed by atoms with Crippen molar-refractivity contribution < 1.29 is 4.79 Å². The van der Waals surface area contributed by atoms with E-state index in [0.29, 0.717) is 36.9 Å². The van der Waals surface area contributed by atoms with Gasteiger partial charge in [-0.15, -0.1) is 11.3 Å². The van der Waals surface area contributed by atoms with E-state index < -0.39 is 0 Å². The minimum atomic E-state index is -0.229. The molecule has 142 valence electrons. The highest BCUT2D eigenvalue weighted by atomic mass is 127. The molecule has 0 unspecified atom stereocenters. The van der Waals surface area contributed by atoms with E-state index in [4.69, 9.17) is 23.1 Å². The summed E-state index contributed by atoms with van der Waals surface area (Å²) >= 11 is 9.29. The van der Waals surface area contributed by atoms with Crippen LogP contribution in [0.15, 0.2) is 48.5 Å². The van der Waals surface area contributed by atoms with Crippen LogP contribution in [-0.4, -0.2) is 10.8 Å². The molecule has 0 saturated heterocycles. The molecule has 8 heteroatoms. The van der Waals surface area contributed by atoms with Gasteiger partial charge in [0, 0.05) is 25.1 Å². The van der Waals surface area contributed by atoms with Crippen molar-refractivity contribution in [1.29, 1.82) is 5.26 Å². The number of carbonyl (C=O) groups is 1. The van der Waals surface area contributed by atoms with Crippen LogP contribution in [0.1, 0.15) is 20.8 Å². The summed E-state index contributed by atoms with van der Waals surface area (Å²) in [7, 11) is 0. The Kier molecular flexibility index (Phi) is 5.17. The van der Waals surface area contributed by atoms with Gasteiger partial charge in [-0.2, -0.15) is 5.26 Å². The number of aromatic nitrogens is 1. The lowest BCUT2D eigenvalue weighted by Crippen LogP contribution is -2.03. The molecule has 29 heavy (non-hydrogen) atoms. The number of hydrogen-bond acceptors (Lipinski definition) is 6. The van der Waals surface area contributed by atoms with Crippen molar-refractivity contribution >= 4 is 73.0 Å². The van der Waals surface area contributed by atoms with Crippen LogP contribution in [0.3, 0.4) is 0 Å². The highest BCUT2D eigenvalue weighted by molar-refractivity contribution is 14.1. The first-order valence-electron chi connectivity index (χ1n) is 8.39. The lowest BCUT2D eigenvalue weighted by atomic mass is 9.96. The van der Waals surface area contributed by atoms with Crippen molar-refractivity contribution in [2.24, 2.45) is 0 Å². The number of fused-ring (bicyclic) bond motifs is 1. The van der Waals surface area contributed by atoms with E-state index in [1.54, 1.807) is 24.3 Å². The number of hydrogen-bond donors (Lipinski definition) is 2. The smallest absolute Gasteiger partial charge is 0.205 e. The third-order valence-electron chi connectivity index (χ3n) is 4.47. The fraction of sp³-hybridized carbons (Fsp3) is 0. The van der Waals surface area contributed by atoms with Crippen LogP contribution in [0.25, 0.3) is 21.3 Å². The molecule has 0 atom stereocenters. The van der Waals surface area contributed by atoms with E-state index in [9.17, 15) is 10.1 Å². The fourth-order valence-electron chi connectivity index (χ4n) is 3.12. The molecular weight excluding hydrogens is 519 g/mol. The Morgan fingerprint density at radius 2 is 1.83 bits per heavy atom. The summed E-state index contributed by atoms with van der Waals surface area (Å²) in [6, 6.07) is 16.4. The van der Waals surface area contributed by atoms with E-state index in [2.05, 4.69) is 33.6 Å². The van der Waals surface area contributed by atoms with E-state index in [0.717, 1.165) is 9.13 Å². The highest BCUT2D eigenvalue weighted by Gasteiger charge is 2.25. The Morgan fingerprint density at radius 3 is 2.48 bits per heavy atom. The number of anilines is 2. The molecule has 0 aliphatic carbocycles. The van der Waals surface area contributed by atoms with Crippen molar-refractivity contribution in [3.8, 4) is 17.2 Å². The van der Waals surface area contributed by atoms with Crippen LogP contribution in [0.5, 0.6) is 0 Å². The van der Waals surface area contributed by atoms with Gasteiger partial charge < -0.3 is 11.5 Å². The summed E-state index contributed by atoms with van der Waals surface area (Å²) in [4.78, 5) is 18.3. The molecule has 4 aromatic rings. The molecule has 0 saturated carbocycles. The second-order valence-electron chi connectivity index (χ2n) is 6.20. The largest absolute Gasteiger partial charge is 0.397 e. The van der Waals surface area contributed by atoms with Gasteiger partial charge in [0.1, 0.15) is 27.2 Å². The van der Waals surface area contributed by atoms with E-state index in [1.165, 1.54) is 11.3 Å². The quantitative estimate of drug-likeness (QED) is 0.269. The summed E-state index contributed by atoms with van der Waals surface area (Å²) in [5.74, 6) is -0.116. The molecule has 4 N–H and O–H groups in total. The molecule has 0 fully saturated rings. The number of halogens is 2. The highest BCUT2D eigenvalue weighted by Crippen LogP contribution is 2.44. The van der Waals surface area contributed by atoms with Gasteiger partial charge in [0.15, 0.2) is 0 Å². The van der Waals surface area contributed by atoms with Gasteiger partial charge in [-0.1, -0.05) is 29.8 Å². The van der Waals surface area contributed by atoms with E-state index in [1.807, 2.05) is 24.3 Å². The lowest BCUT2D eigenvalue weighted by molar-refractivity contribution is 0.104. The van der Waals surface area contributed by atoms with E-state index >= 15 is 0 Å². The van der Waals surface area contributed by atoms with Crippen molar-refractivity contribution in [3.05, 3.63) is 73.1 Å². The minimum absolute atomic E-state index is 0.112. The summed E-state index contributed by atoms with van der Waals surface area (Å²) < 4.78 is 0.935. The number of thiophene rings is 1. The SMILES string of the molecule is N#Cc1c(N)nc2sc(C(=O)c3ccc(Cl)cc3)c(N)c2c1-c1ccccc1I. The van der Waals surface area contributed by atoms with Gasteiger partial charge >= 0.3 is 0 Å². The molecule has 0 amide bonds. The molecule has 2 aromatic heterocycles. The average molecular weight is 531 g/mol. The molecule has 2 heterocycles. The average Bonchev–Trinajstić information content (AvgIpc) is 3.03. The number of nitrogens with zero attached hydrogens (tertiary/aromatic N) is 2. The Balaban J connectivity index is 2.03. The third-order valence-corrected chi connectivity index (χ3v) is 6.76. The van der Waals surface area contributed by atoms with Crippen LogP contribution in [0.4, 0.5) is 11.5 Å². The Bertz CT molecular complexity index is 1330. The van der Waals surface area contributed by atoms with Gasteiger partial charge in [-0.25, -0.2) is 4.98 Å². The van der Waals surface area contributed by atoms with Crippen LogP contribution >= 0.6 is 45.5 Å².